The quantitative estimate of drug-likeness (QED) is 0.0952. The first-order chi connectivity index (χ1) is 24.6. The van der Waals surface area contributed by atoms with Crippen molar-refractivity contribution in [3.63, 3.8) is 0 Å². The third kappa shape index (κ3) is 10.6. The molecular formula is C40H50O11. The van der Waals surface area contributed by atoms with Crippen LogP contribution in [-0.2, 0) is 30.4 Å². The van der Waals surface area contributed by atoms with Gasteiger partial charge in [0.1, 0.15) is 0 Å². The highest BCUT2D eigenvalue weighted by molar-refractivity contribution is 5.44. The molecular weight excluding hydrogens is 656 g/mol. The van der Waals surface area contributed by atoms with E-state index in [0.717, 1.165) is 48.3 Å². The lowest BCUT2D eigenvalue weighted by atomic mass is 9.83. The Morgan fingerprint density at radius 2 is 0.804 bits per heavy atom. The standard InChI is InChI=1S/C20H26O6.C20H24O5/c1-25-19-9-13(3-5-17(19)23)7-15(11-21)16(12-22)8-14-4-6-18(24)20(10-14)26-2;1-23-19-9-13(3-5-17(19)21)7-15-11-25-12-16(15)8-14-4-6-18(22)20(10-14)24-2/h3-6,9-10,15-16,21-24H,7-8,11-12H2,1-2H3;3-6,9-10,15-16,21-22H,7-8,11-12H2,1-2H3. The van der Waals surface area contributed by atoms with Crippen LogP contribution in [0, 0.1) is 23.7 Å². The summed E-state index contributed by atoms with van der Waals surface area (Å²) in [7, 11) is 6.07. The van der Waals surface area contributed by atoms with Crippen molar-refractivity contribution in [3.05, 3.63) is 95.1 Å². The molecule has 1 aliphatic heterocycles. The van der Waals surface area contributed by atoms with Crippen molar-refractivity contribution in [2.75, 3.05) is 54.9 Å². The molecule has 0 radical (unpaired) electrons. The number of aliphatic hydroxyl groups is 2. The minimum Gasteiger partial charge on any atom is -0.504 e. The number of phenolic OH excluding ortho intramolecular Hbond substituents is 4. The second-order valence-electron chi connectivity index (χ2n) is 12.8. The Morgan fingerprint density at radius 3 is 1.10 bits per heavy atom. The molecule has 11 heteroatoms. The van der Waals surface area contributed by atoms with Gasteiger partial charge in [-0.15, -0.1) is 0 Å². The lowest BCUT2D eigenvalue weighted by Crippen LogP contribution is -2.26. The summed E-state index contributed by atoms with van der Waals surface area (Å²) in [5.41, 5.74) is 4.05. The predicted octanol–water partition coefficient (Wildman–Crippen LogP) is 5.28. The maximum atomic E-state index is 9.84. The molecule has 4 unspecified atom stereocenters. The Bertz CT molecular complexity index is 1570. The van der Waals surface area contributed by atoms with Crippen LogP contribution in [0.1, 0.15) is 22.3 Å². The van der Waals surface area contributed by atoms with E-state index in [-0.39, 0.29) is 48.0 Å². The third-order valence-corrected chi connectivity index (χ3v) is 9.43. The molecule has 51 heavy (non-hydrogen) atoms. The number of hydrogen-bond acceptors (Lipinski definition) is 11. The SMILES string of the molecule is COc1cc(CC(CO)C(CO)Cc2ccc(O)c(OC)c2)ccc1O.COc1cc(CC2COCC2Cc2ccc(O)c(OC)c2)ccc1O. The first kappa shape index (κ1) is 39.0. The summed E-state index contributed by atoms with van der Waals surface area (Å²) >= 11 is 0. The monoisotopic (exact) mass is 706 g/mol. The molecule has 11 nitrogen and oxygen atoms in total. The highest BCUT2D eigenvalue weighted by Gasteiger charge is 2.29. The highest BCUT2D eigenvalue weighted by atomic mass is 16.5. The molecule has 1 saturated heterocycles. The maximum absolute atomic E-state index is 9.84. The molecule has 5 rings (SSSR count). The molecule has 1 heterocycles. The smallest absolute Gasteiger partial charge is 0.160 e. The van der Waals surface area contributed by atoms with Gasteiger partial charge in [0.05, 0.1) is 41.7 Å². The minimum absolute atomic E-state index is 0.0618. The molecule has 0 aliphatic carbocycles. The lowest BCUT2D eigenvalue weighted by molar-refractivity contribution is 0.119. The number of methoxy groups -OCH3 is 4. The molecule has 276 valence electrons. The average Bonchev–Trinajstić information content (AvgIpc) is 3.58. The molecule has 0 bridgehead atoms. The topological polar surface area (TPSA) is 168 Å². The summed E-state index contributed by atoms with van der Waals surface area (Å²) in [6, 6.07) is 21.1. The number of ether oxygens (including phenoxy) is 5. The normalized spacial score (nSPS) is 16.4. The molecule has 4 aromatic carbocycles. The Labute approximate surface area is 299 Å². The average molecular weight is 707 g/mol. The molecule has 1 aliphatic rings. The zero-order chi connectivity index (χ0) is 36.9. The highest BCUT2D eigenvalue weighted by Crippen LogP contribution is 2.34. The van der Waals surface area contributed by atoms with E-state index < -0.39 is 0 Å². The summed E-state index contributed by atoms with van der Waals surface area (Å²) < 4.78 is 26.3. The summed E-state index contributed by atoms with van der Waals surface area (Å²) in [6.07, 6.45) is 2.81. The zero-order valence-corrected chi connectivity index (χ0v) is 29.6. The Kier molecular flexibility index (Phi) is 14.5. The summed E-state index contributed by atoms with van der Waals surface area (Å²) in [6.45, 7) is 1.29. The van der Waals surface area contributed by atoms with Crippen LogP contribution in [0.2, 0.25) is 0 Å². The van der Waals surface area contributed by atoms with Gasteiger partial charge >= 0.3 is 0 Å². The van der Waals surface area contributed by atoms with E-state index >= 15 is 0 Å². The van der Waals surface area contributed by atoms with Gasteiger partial charge < -0.3 is 54.3 Å². The number of aliphatic hydroxyl groups excluding tert-OH is 2. The van der Waals surface area contributed by atoms with Crippen LogP contribution in [-0.4, -0.2) is 85.5 Å². The van der Waals surface area contributed by atoms with Gasteiger partial charge in [0.15, 0.2) is 46.0 Å². The number of hydrogen-bond donors (Lipinski definition) is 6. The van der Waals surface area contributed by atoms with Gasteiger partial charge in [0.2, 0.25) is 0 Å². The van der Waals surface area contributed by atoms with Crippen LogP contribution < -0.4 is 18.9 Å². The molecule has 0 spiro atoms. The first-order valence-electron chi connectivity index (χ1n) is 16.9. The number of phenols is 4. The van der Waals surface area contributed by atoms with E-state index in [9.17, 15) is 30.6 Å². The van der Waals surface area contributed by atoms with Crippen LogP contribution in [0.15, 0.2) is 72.8 Å². The van der Waals surface area contributed by atoms with E-state index in [1.807, 2.05) is 24.3 Å². The van der Waals surface area contributed by atoms with Crippen molar-refractivity contribution >= 4 is 0 Å². The van der Waals surface area contributed by atoms with Gasteiger partial charge in [-0.2, -0.15) is 0 Å². The maximum Gasteiger partial charge on any atom is 0.160 e. The van der Waals surface area contributed by atoms with Crippen molar-refractivity contribution in [1.82, 2.24) is 0 Å². The number of benzene rings is 4. The fourth-order valence-electron chi connectivity index (χ4n) is 6.46. The first-order valence-corrected chi connectivity index (χ1v) is 16.9. The van der Waals surface area contributed by atoms with Crippen LogP contribution >= 0.6 is 0 Å². The number of aromatic hydroxyl groups is 4. The van der Waals surface area contributed by atoms with Crippen molar-refractivity contribution < 1.29 is 54.3 Å². The predicted molar refractivity (Wildman–Crippen MR) is 192 cm³/mol. The molecule has 1 fully saturated rings. The van der Waals surface area contributed by atoms with Crippen LogP contribution in [0.25, 0.3) is 0 Å². The minimum atomic E-state index is -0.172. The Morgan fingerprint density at radius 1 is 0.510 bits per heavy atom. The van der Waals surface area contributed by atoms with Crippen molar-refractivity contribution in [2.24, 2.45) is 23.7 Å². The van der Waals surface area contributed by atoms with Crippen LogP contribution in [0.5, 0.6) is 46.0 Å². The summed E-state index contributed by atoms with van der Waals surface area (Å²) in [5, 5.41) is 58.5. The third-order valence-electron chi connectivity index (χ3n) is 9.43. The summed E-state index contributed by atoms with van der Waals surface area (Å²) in [5.74, 6) is 2.63. The second kappa shape index (κ2) is 19.0. The van der Waals surface area contributed by atoms with Gasteiger partial charge in [-0.1, -0.05) is 24.3 Å². The fraction of sp³-hybridized carbons (Fsp3) is 0.400. The van der Waals surface area contributed by atoms with Gasteiger partial charge in [0.25, 0.3) is 0 Å². The molecule has 0 saturated carbocycles. The van der Waals surface area contributed by atoms with Gasteiger partial charge in [-0.25, -0.2) is 0 Å². The second-order valence-corrected chi connectivity index (χ2v) is 12.8. The Balaban J connectivity index is 0.000000229. The van der Waals surface area contributed by atoms with Gasteiger partial charge in [0, 0.05) is 13.2 Å². The summed E-state index contributed by atoms with van der Waals surface area (Å²) in [4.78, 5) is 0. The van der Waals surface area contributed by atoms with E-state index in [1.54, 1.807) is 62.8 Å². The Hall–Kier alpha value is -4.84. The largest absolute Gasteiger partial charge is 0.504 e. The van der Waals surface area contributed by atoms with E-state index in [1.165, 1.54) is 14.2 Å². The van der Waals surface area contributed by atoms with Gasteiger partial charge in [-0.3, -0.25) is 0 Å². The van der Waals surface area contributed by atoms with Crippen LogP contribution in [0.3, 0.4) is 0 Å². The van der Waals surface area contributed by atoms with Crippen molar-refractivity contribution in [3.8, 4) is 46.0 Å². The van der Waals surface area contributed by atoms with Gasteiger partial charge in [-0.05, 0) is 120 Å². The van der Waals surface area contributed by atoms with E-state index in [0.29, 0.717) is 47.7 Å². The molecule has 4 atom stereocenters. The van der Waals surface area contributed by atoms with Crippen molar-refractivity contribution in [2.45, 2.75) is 25.7 Å². The zero-order valence-electron chi connectivity index (χ0n) is 29.6. The van der Waals surface area contributed by atoms with Crippen LogP contribution in [0.4, 0.5) is 0 Å². The molecule has 0 amide bonds. The molecule has 6 N–H and O–H groups in total. The fourth-order valence-corrected chi connectivity index (χ4v) is 6.46. The van der Waals surface area contributed by atoms with E-state index in [4.69, 9.17) is 23.7 Å². The lowest BCUT2D eigenvalue weighted by Gasteiger charge is -2.24. The van der Waals surface area contributed by atoms with Crippen molar-refractivity contribution in [1.29, 1.82) is 0 Å². The number of rotatable bonds is 15. The van der Waals surface area contributed by atoms with E-state index in [2.05, 4.69) is 0 Å². The molecule has 4 aromatic rings. The molecule has 0 aromatic heterocycles.